The molecule has 2 amide bonds. The minimum absolute atomic E-state index is 0.0708. The number of nitrogens with zero attached hydrogens (tertiary/aromatic N) is 1. The summed E-state index contributed by atoms with van der Waals surface area (Å²) in [5.41, 5.74) is 0.628. The molecule has 0 radical (unpaired) electrons. The monoisotopic (exact) mass is 321 g/mol. The number of amides is 2. The third-order valence-electron chi connectivity index (χ3n) is 3.10. The van der Waals surface area contributed by atoms with Crippen LogP contribution in [-0.4, -0.2) is 49.5 Å². The number of carbonyl (C=O) groups excluding carboxylic acids is 2. The molecule has 0 heterocycles. The zero-order valence-electron chi connectivity index (χ0n) is 14.4. The van der Waals surface area contributed by atoms with Gasteiger partial charge in [0.15, 0.2) is 0 Å². The first-order chi connectivity index (χ1) is 11.0. The first-order valence-electron chi connectivity index (χ1n) is 7.90. The predicted octanol–water partition coefficient (Wildman–Crippen LogP) is 1.87. The lowest BCUT2D eigenvalue weighted by Gasteiger charge is -2.21. The van der Waals surface area contributed by atoms with Crippen LogP contribution in [0, 0.1) is 0 Å². The van der Waals surface area contributed by atoms with Gasteiger partial charge in [-0.2, -0.15) is 0 Å². The lowest BCUT2D eigenvalue weighted by molar-refractivity contribution is -0.123. The highest BCUT2D eigenvalue weighted by Crippen LogP contribution is 2.22. The van der Waals surface area contributed by atoms with Gasteiger partial charge >= 0.3 is 0 Å². The van der Waals surface area contributed by atoms with E-state index >= 15 is 0 Å². The summed E-state index contributed by atoms with van der Waals surface area (Å²) >= 11 is 0. The Kier molecular flexibility index (Phi) is 8.11. The van der Waals surface area contributed by atoms with E-state index in [1.54, 1.807) is 19.2 Å². The van der Waals surface area contributed by atoms with Crippen LogP contribution in [-0.2, 0) is 9.59 Å². The second kappa shape index (κ2) is 9.84. The summed E-state index contributed by atoms with van der Waals surface area (Å²) < 4.78 is 5.21. The number of ether oxygens (including phenoxy) is 1. The molecule has 0 aromatic heterocycles. The summed E-state index contributed by atoms with van der Waals surface area (Å²) in [6.45, 7) is 6.91. The van der Waals surface area contributed by atoms with Crippen molar-refractivity contribution in [2.45, 2.75) is 33.2 Å². The van der Waals surface area contributed by atoms with Crippen LogP contribution in [0.3, 0.4) is 0 Å². The first-order valence-corrected chi connectivity index (χ1v) is 7.90. The van der Waals surface area contributed by atoms with Gasteiger partial charge in [-0.05, 0) is 38.9 Å². The van der Waals surface area contributed by atoms with Crippen LogP contribution in [0.25, 0.3) is 0 Å². The Hall–Kier alpha value is -2.08. The Labute approximate surface area is 138 Å². The lowest BCUT2D eigenvalue weighted by atomic mass is 10.3. The van der Waals surface area contributed by atoms with Gasteiger partial charge in [0.25, 0.3) is 0 Å². The van der Waals surface area contributed by atoms with Crippen molar-refractivity contribution in [1.82, 2.24) is 10.2 Å². The van der Waals surface area contributed by atoms with Gasteiger partial charge in [0.1, 0.15) is 5.75 Å². The van der Waals surface area contributed by atoms with Gasteiger partial charge in [0, 0.05) is 6.04 Å². The van der Waals surface area contributed by atoms with E-state index in [2.05, 4.69) is 10.6 Å². The number of hydrogen-bond donors (Lipinski definition) is 2. The number of nitrogens with one attached hydrogen (secondary N) is 2. The predicted molar refractivity (Wildman–Crippen MR) is 91.6 cm³/mol. The zero-order valence-corrected chi connectivity index (χ0v) is 14.4. The van der Waals surface area contributed by atoms with Crippen LogP contribution in [0.5, 0.6) is 5.75 Å². The number of anilines is 1. The molecule has 1 rings (SSSR count). The molecule has 0 spiro atoms. The second-order valence-corrected chi connectivity index (χ2v) is 5.68. The largest absolute Gasteiger partial charge is 0.495 e. The molecule has 0 aliphatic carbocycles. The fraction of sp³-hybridized carbons (Fsp3) is 0.529. The van der Waals surface area contributed by atoms with Crippen LogP contribution >= 0.6 is 0 Å². The summed E-state index contributed by atoms with van der Waals surface area (Å²) in [6.07, 6.45) is 0.872. The van der Waals surface area contributed by atoms with Crippen LogP contribution in [0.2, 0.25) is 0 Å². The standard InChI is InChI=1S/C17H27N3O3/c1-5-10-20(11-16(21)18-13(2)3)12-17(22)19-14-8-6-7-9-15(14)23-4/h6-9,13H,5,10-12H2,1-4H3,(H,18,21)(H,19,22). The van der Waals surface area contributed by atoms with Gasteiger partial charge in [-0.15, -0.1) is 0 Å². The molecule has 0 fully saturated rings. The van der Waals surface area contributed by atoms with Crippen LogP contribution in [0.15, 0.2) is 24.3 Å². The third-order valence-corrected chi connectivity index (χ3v) is 3.10. The van der Waals surface area contributed by atoms with Crippen molar-refractivity contribution in [3.8, 4) is 5.75 Å². The molecule has 0 aliphatic rings. The Balaban J connectivity index is 2.61. The zero-order chi connectivity index (χ0) is 17.2. The van der Waals surface area contributed by atoms with Gasteiger partial charge in [0.05, 0.1) is 25.9 Å². The molecule has 0 aliphatic heterocycles. The van der Waals surface area contributed by atoms with Crippen molar-refractivity contribution in [2.75, 3.05) is 32.1 Å². The molecule has 128 valence electrons. The molecule has 0 unspecified atom stereocenters. The Bertz CT molecular complexity index is 518. The van der Waals surface area contributed by atoms with Crippen molar-refractivity contribution in [3.05, 3.63) is 24.3 Å². The van der Waals surface area contributed by atoms with Crippen molar-refractivity contribution in [3.63, 3.8) is 0 Å². The SMILES string of the molecule is CCCN(CC(=O)Nc1ccccc1OC)CC(=O)NC(C)C. The van der Waals surface area contributed by atoms with E-state index in [9.17, 15) is 9.59 Å². The highest BCUT2D eigenvalue weighted by Gasteiger charge is 2.15. The lowest BCUT2D eigenvalue weighted by Crippen LogP contribution is -2.43. The second-order valence-electron chi connectivity index (χ2n) is 5.68. The minimum atomic E-state index is -0.166. The summed E-state index contributed by atoms with van der Waals surface area (Å²) in [6, 6.07) is 7.34. The van der Waals surface area contributed by atoms with Crippen molar-refractivity contribution < 1.29 is 14.3 Å². The molecule has 23 heavy (non-hydrogen) atoms. The molecular formula is C17H27N3O3. The highest BCUT2D eigenvalue weighted by atomic mass is 16.5. The number of rotatable bonds is 9. The quantitative estimate of drug-likeness (QED) is 0.728. The van der Waals surface area contributed by atoms with Gasteiger partial charge in [-0.25, -0.2) is 0 Å². The van der Waals surface area contributed by atoms with Crippen LogP contribution in [0.1, 0.15) is 27.2 Å². The fourth-order valence-corrected chi connectivity index (χ4v) is 2.24. The molecule has 6 nitrogen and oxygen atoms in total. The van der Waals surface area contributed by atoms with E-state index in [1.165, 1.54) is 0 Å². The summed E-state index contributed by atoms with van der Waals surface area (Å²) in [5.74, 6) is 0.374. The van der Waals surface area contributed by atoms with Crippen molar-refractivity contribution >= 4 is 17.5 Å². The first kappa shape index (κ1) is 19.0. The number of benzene rings is 1. The molecule has 1 aromatic rings. The molecule has 0 saturated carbocycles. The molecule has 6 heteroatoms. The highest BCUT2D eigenvalue weighted by molar-refractivity contribution is 5.94. The maximum atomic E-state index is 12.2. The Morgan fingerprint density at radius 3 is 2.43 bits per heavy atom. The average molecular weight is 321 g/mol. The minimum Gasteiger partial charge on any atom is -0.495 e. The normalized spacial score (nSPS) is 10.7. The van der Waals surface area contributed by atoms with Gasteiger partial charge < -0.3 is 15.4 Å². The number of hydrogen-bond acceptors (Lipinski definition) is 4. The summed E-state index contributed by atoms with van der Waals surface area (Å²) in [7, 11) is 1.56. The number of carbonyl (C=O) groups is 2. The average Bonchev–Trinajstić information content (AvgIpc) is 2.46. The maximum Gasteiger partial charge on any atom is 0.238 e. The molecule has 0 saturated heterocycles. The van der Waals surface area contributed by atoms with Crippen LogP contribution < -0.4 is 15.4 Å². The topological polar surface area (TPSA) is 70.7 Å². The maximum absolute atomic E-state index is 12.2. The summed E-state index contributed by atoms with van der Waals surface area (Å²) in [5, 5.41) is 5.67. The molecule has 0 atom stereocenters. The van der Waals surface area contributed by atoms with Crippen molar-refractivity contribution in [2.24, 2.45) is 0 Å². The van der Waals surface area contributed by atoms with Gasteiger partial charge in [-0.1, -0.05) is 19.1 Å². The van der Waals surface area contributed by atoms with Gasteiger partial charge in [0.2, 0.25) is 11.8 Å². The molecule has 0 bridgehead atoms. The Morgan fingerprint density at radius 1 is 1.17 bits per heavy atom. The molecule has 1 aromatic carbocycles. The Morgan fingerprint density at radius 2 is 1.83 bits per heavy atom. The smallest absolute Gasteiger partial charge is 0.238 e. The fourth-order valence-electron chi connectivity index (χ4n) is 2.24. The number of para-hydroxylation sites is 2. The third kappa shape index (κ3) is 7.15. The summed E-state index contributed by atoms with van der Waals surface area (Å²) in [4.78, 5) is 25.9. The van der Waals surface area contributed by atoms with E-state index in [-0.39, 0.29) is 30.9 Å². The van der Waals surface area contributed by atoms with E-state index in [4.69, 9.17) is 4.74 Å². The van der Waals surface area contributed by atoms with E-state index in [0.717, 1.165) is 6.42 Å². The molecular weight excluding hydrogens is 294 g/mol. The van der Waals surface area contributed by atoms with E-state index in [1.807, 2.05) is 37.8 Å². The molecule has 2 N–H and O–H groups in total. The van der Waals surface area contributed by atoms with E-state index in [0.29, 0.717) is 18.0 Å². The van der Waals surface area contributed by atoms with Crippen molar-refractivity contribution in [1.29, 1.82) is 0 Å². The number of methoxy groups -OCH3 is 1. The van der Waals surface area contributed by atoms with Gasteiger partial charge in [-0.3, -0.25) is 14.5 Å². The van der Waals surface area contributed by atoms with E-state index < -0.39 is 0 Å². The van der Waals surface area contributed by atoms with Crippen LogP contribution in [0.4, 0.5) is 5.69 Å².